The van der Waals surface area contributed by atoms with E-state index in [1.165, 1.54) is 11.1 Å². The van der Waals surface area contributed by atoms with Gasteiger partial charge in [-0.3, -0.25) is 0 Å². The lowest BCUT2D eigenvalue weighted by Crippen LogP contribution is -2.34. The molecule has 1 N–H and O–H groups in total. The van der Waals surface area contributed by atoms with Crippen LogP contribution in [0.1, 0.15) is 16.7 Å². The predicted octanol–water partition coefficient (Wildman–Crippen LogP) is 6.17. The smallest absolute Gasteiger partial charge is 0.174 e. The van der Waals surface area contributed by atoms with Gasteiger partial charge >= 0.3 is 0 Å². The summed E-state index contributed by atoms with van der Waals surface area (Å²) in [6, 6.07) is 24.7. The normalized spacial score (nSPS) is 10.4. The highest BCUT2D eigenvalue weighted by Gasteiger charge is 2.14. The highest BCUT2D eigenvalue weighted by molar-refractivity contribution is 9.10. The van der Waals surface area contributed by atoms with Crippen molar-refractivity contribution in [3.8, 4) is 5.75 Å². The Balaban J connectivity index is 1.84. The van der Waals surface area contributed by atoms with Crippen LogP contribution in [-0.2, 0) is 13.1 Å². The van der Waals surface area contributed by atoms with Gasteiger partial charge in [-0.1, -0.05) is 64.5 Å². The number of rotatable bonds is 6. The largest absolute Gasteiger partial charge is 0.495 e. The van der Waals surface area contributed by atoms with Gasteiger partial charge in [0.15, 0.2) is 5.11 Å². The van der Waals surface area contributed by atoms with Crippen molar-refractivity contribution in [3.05, 3.63) is 94.0 Å². The number of thiocarbonyl (C=S) groups is 1. The van der Waals surface area contributed by atoms with Crippen molar-refractivity contribution in [1.29, 1.82) is 0 Å². The highest BCUT2D eigenvalue weighted by Crippen LogP contribution is 2.26. The summed E-state index contributed by atoms with van der Waals surface area (Å²) in [5.41, 5.74) is 4.41. The summed E-state index contributed by atoms with van der Waals surface area (Å²) >= 11 is 9.34. The van der Waals surface area contributed by atoms with Crippen molar-refractivity contribution in [3.63, 3.8) is 0 Å². The van der Waals surface area contributed by atoms with Crippen LogP contribution in [0.2, 0.25) is 0 Å². The van der Waals surface area contributed by atoms with E-state index >= 15 is 0 Å². The van der Waals surface area contributed by atoms with Crippen LogP contribution < -0.4 is 10.1 Å². The van der Waals surface area contributed by atoms with E-state index in [9.17, 15) is 0 Å². The van der Waals surface area contributed by atoms with Gasteiger partial charge in [-0.15, -0.1) is 0 Å². The fourth-order valence-corrected chi connectivity index (χ4v) is 3.66. The van der Waals surface area contributed by atoms with E-state index in [1.807, 2.05) is 48.5 Å². The zero-order valence-corrected chi connectivity index (χ0v) is 18.4. The third-order valence-corrected chi connectivity index (χ3v) is 5.22. The summed E-state index contributed by atoms with van der Waals surface area (Å²) in [5.74, 6) is 0.773. The fraction of sp³-hybridized carbons (Fsp3) is 0.174. The van der Waals surface area contributed by atoms with Gasteiger partial charge in [0.05, 0.1) is 12.8 Å². The Kier molecular flexibility index (Phi) is 7.06. The summed E-state index contributed by atoms with van der Waals surface area (Å²) in [6.07, 6.45) is 0. The molecule has 0 spiro atoms. The molecule has 0 amide bonds. The third kappa shape index (κ3) is 5.57. The number of hydrogen-bond acceptors (Lipinski definition) is 2. The number of methoxy groups -OCH3 is 1. The summed E-state index contributed by atoms with van der Waals surface area (Å²) in [6.45, 7) is 3.47. The van der Waals surface area contributed by atoms with Crippen LogP contribution in [0.4, 0.5) is 5.69 Å². The number of nitrogens with one attached hydrogen (secondary N) is 1. The van der Waals surface area contributed by atoms with Gasteiger partial charge in [-0.2, -0.15) is 0 Å². The van der Waals surface area contributed by atoms with Crippen LogP contribution in [0.3, 0.4) is 0 Å². The Morgan fingerprint density at radius 1 is 0.964 bits per heavy atom. The van der Waals surface area contributed by atoms with E-state index < -0.39 is 0 Å². The lowest BCUT2D eigenvalue weighted by atomic mass is 10.1. The summed E-state index contributed by atoms with van der Waals surface area (Å²) in [5, 5.41) is 4.04. The molecular weight excluding hydrogens is 432 g/mol. The fourth-order valence-electron chi connectivity index (χ4n) is 2.97. The standard InChI is InChI=1S/C23H23BrN2OS/c1-17-11-12-22(27-2)21(13-17)25-23(28)26(15-18-7-4-3-5-8-18)16-19-9-6-10-20(24)14-19/h3-14H,15-16H2,1-2H3,(H,25,28). The predicted molar refractivity (Wildman–Crippen MR) is 124 cm³/mol. The van der Waals surface area contributed by atoms with E-state index in [4.69, 9.17) is 17.0 Å². The molecule has 0 bridgehead atoms. The Morgan fingerprint density at radius 3 is 2.39 bits per heavy atom. The molecule has 0 radical (unpaired) electrons. The van der Waals surface area contributed by atoms with Gasteiger partial charge < -0.3 is 15.0 Å². The molecule has 0 saturated carbocycles. The van der Waals surface area contributed by atoms with E-state index in [-0.39, 0.29) is 0 Å². The number of aryl methyl sites for hydroxylation is 1. The van der Waals surface area contributed by atoms with Crippen molar-refractivity contribution in [2.75, 3.05) is 12.4 Å². The van der Waals surface area contributed by atoms with Crippen LogP contribution >= 0.6 is 28.1 Å². The van der Waals surface area contributed by atoms with E-state index in [0.29, 0.717) is 18.2 Å². The van der Waals surface area contributed by atoms with Crippen molar-refractivity contribution in [1.82, 2.24) is 4.90 Å². The molecule has 3 rings (SSSR count). The van der Waals surface area contributed by atoms with Gasteiger partial charge in [-0.05, 0) is 60.1 Å². The monoisotopic (exact) mass is 454 g/mol. The number of benzene rings is 3. The van der Waals surface area contributed by atoms with Gasteiger partial charge in [0.1, 0.15) is 5.75 Å². The Hall–Kier alpha value is -2.37. The van der Waals surface area contributed by atoms with Gasteiger partial charge in [0, 0.05) is 17.6 Å². The average molecular weight is 455 g/mol. The SMILES string of the molecule is COc1ccc(C)cc1NC(=S)N(Cc1ccccc1)Cc1cccc(Br)c1. The first-order valence-electron chi connectivity index (χ1n) is 9.04. The first kappa shape index (κ1) is 20.4. The maximum absolute atomic E-state index is 5.79. The molecule has 0 heterocycles. The Morgan fingerprint density at radius 2 is 1.68 bits per heavy atom. The zero-order chi connectivity index (χ0) is 19.9. The third-order valence-electron chi connectivity index (χ3n) is 4.36. The molecule has 0 aliphatic carbocycles. The number of hydrogen-bond donors (Lipinski definition) is 1. The lowest BCUT2D eigenvalue weighted by Gasteiger charge is -2.27. The molecule has 0 aliphatic rings. The van der Waals surface area contributed by atoms with Gasteiger partial charge in [0.25, 0.3) is 0 Å². The van der Waals surface area contributed by atoms with Gasteiger partial charge in [-0.25, -0.2) is 0 Å². The maximum atomic E-state index is 5.79. The van der Waals surface area contributed by atoms with Crippen LogP contribution in [-0.4, -0.2) is 17.1 Å². The Labute approximate surface area is 180 Å². The summed E-state index contributed by atoms with van der Waals surface area (Å²) in [7, 11) is 1.67. The first-order chi connectivity index (χ1) is 13.5. The average Bonchev–Trinajstić information content (AvgIpc) is 2.68. The minimum absolute atomic E-state index is 0.660. The topological polar surface area (TPSA) is 24.5 Å². The van der Waals surface area contributed by atoms with Crippen molar-refractivity contribution < 1.29 is 4.74 Å². The second-order valence-corrected chi connectivity index (χ2v) is 7.91. The number of nitrogens with zero attached hydrogens (tertiary/aromatic N) is 1. The van der Waals surface area contributed by atoms with Crippen molar-refractivity contribution >= 4 is 38.9 Å². The molecule has 3 nitrogen and oxygen atoms in total. The van der Waals surface area contributed by atoms with E-state index in [1.54, 1.807) is 7.11 Å². The number of anilines is 1. The molecule has 3 aromatic rings. The minimum atomic E-state index is 0.660. The van der Waals surface area contributed by atoms with Crippen LogP contribution in [0.5, 0.6) is 5.75 Å². The molecule has 5 heteroatoms. The van der Waals surface area contributed by atoms with E-state index in [2.05, 4.69) is 57.3 Å². The highest BCUT2D eigenvalue weighted by atomic mass is 79.9. The Bertz CT molecular complexity index is 946. The quantitative estimate of drug-likeness (QED) is 0.450. The summed E-state index contributed by atoms with van der Waals surface area (Å²) in [4.78, 5) is 2.16. The molecule has 0 unspecified atom stereocenters. The molecule has 144 valence electrons. The molecule has 0 fully saturated rings. The first-order valence-corrected chi connectivity index (χ1v) is 10.2. The summed E-state index contributed by atoms with van der Waals surface area (Å²) < 4.78 is 6.55. The molecule has 28 heavy (non-hydrogen) atoms. The second-order valence-electron chi connectivity index (χ2n) is 6.61. The van der Waals surface area contributed by atoms with E-state index in [0.717, 1.165) is 21.5 Å². The molecular formula is C23H23BrN2OS. The zero-order valence-electron chi connectivity index (χ0n) is 16.0. The van der Waals surface area contributed by atoms with Crippen LogP contribution in [0, 0.1) is 6.92 Å². The number of ether oxygens (including phenoxy) is 1. The van der Waals surface area contributed by atoms with Gasteiger partial charge in [0.2, 0.25) is 0 Å². The van der Waals surface area contributed by atoms with Crippen molar-refractivity contribution in [2.45, 2.75) is 20.0 Å². The molecule has 0 atom stereocenters. The maximum Gasteiger partial charge on any atom is 0.174 e. The molecule has 0 aromatic heterocycles. The molecule has 0 saturated heterocycles. The molecule has 3 aromatic carbocycles. The van der Waals surface area contributed by atoms with Crippen LogP contribution in [0.25, 0.3) is 0 Å². The minimum Gasteiger partial charge on any atom is -0.495 e. The van der Waals surface area contributed by atoms with Crippen molar-refractivity contribution in [2.24, 2.45) is 0 Å². The lowest BCUT2D eigenvalue weighted by molar-refractivity contribution is 0.409. The number of halogens is 1. The van der Waals surface area contributed by atoms with Crippen LogP contribution in [0.15, 0.2) is 77.3 Å². The second kappa shape index (κ2) is 9.71. The molecule has 0 aliphatic heterocycles.